The maximum atomic E-state index is 11.6. The van der Waals surface area contributed by atoms with Gasteiger partial charge < -0.3 is 9.67 Å². The second-order valence-corrected chi connectivity index (χ2v) is 19.6. The molecule has 0 fully saturated rings. The van der Waals surface area contributed by atoms with Crippen molar-refractivity contribution >= 4 is 21.9 Å². The van der Waals surface area contributed by atoms with Gasteiger partial charge in [-0.2, -0.15) is 0 Å². The first-order chi connectivity index (χ1) is 29.5. The van der Waals surface area contributed by atoms with Crippen molar-refractivity contribution in [1.29, 1.82) is 0 Å². The minimum Gasteiger partial charge on any atom is -0.507 e. The first-order valence-electron chi connectivity index (χ1n) is 21.5. The van der Waals surface area contributed by atoms with Crippen LogP contribution in [0.4, 0.5) is 0 Å². The van der Waals surface area contributed by atoms with Crippen LogP contribution in [-0.4, -0.2) is 24.6 Å². The van der Waals surface area contributed by atoms with Gasteiger partial charge in [0, 0.05) is 61.4 Å². The number of aromatic hydroxyl groups is 1. The monoisotopic (exact) mass is 1000 g/mol. The first kappa shape index (κ1) is 43.5. The van der Waals surface area contributed by atoms with Crippen molar-refractivity contribution in [2.45, 2.75) is 78.6 Å². The molecular formula is C57H53N4OPt-. The van der Waals surface area contributed by atoms with E-state index in [2.05, 4.69) is 164 Å². The zero-order valence-electron chi connectivity index (χ0n) is 37.5. The molecule has 1 N–H and O–H groups in total. The summed E-state index contributed by atoms with van der Waals surface area (Å²) in [7, 11) is 0. The normalized spacial score (nSPS) is 12.1. The average molecular weight is 1010 g/mol. The van der Waals surface area contributed by atoms with Gasteiger partial charge in [-0.15, -0.1) is 29.3 Å². The molecule has 9 aromatic rings. The van der Waals surface area contributed by atoms with Crippen LogP contribution in [-0.2, 0) is 37.3 Å². The van der Waals surface area contributed by atoms with Gasteiger partial charge in [0.15, 0.2) is 0 Å². The largest absolute Gasteiger partial charge is 0.507 e. The number of fused-ring (bicyclic) bond motifs is 2. The van der Waals surface area contributed by atoms with Crippen LogP contribution in [0.15, 0.2) is 152 Å². The quantitative estimate of drug-likeness (QED) is 0.169. The maximum Gasteiger partial charge on any atom is 0.123 e. The van der Waals surface area contributed by atoms with Gasteiger partial charge in [0.25, 0.3) is 0 Å². The van der Waals surface area contributed by atoms with Gasteiger partial charge >= 0.3 is 0 Å². The zero-order chi connectivity index (χ0) is 43.6. The summed E-state index contributed by atoms with van der Waals surface area (Å²) < 4.78 is 2.25. The summed E-state index contributed by atoms with van der Waals surface area (Å²) in [5, 5.41) is 12.7. The predicted octanol–water partition coefficient (Wildman–Crippen LogP) is 14.7. The Morgan fingerprint density at radius 2 is 1.14 bits per heavy atom. The number of aromatic nitrogens is 4. The van der Waals surface area contributed by atoms with E-state index in [1.807, 2.05) is 55.0 Å². The number of hydrogen-bond acceptors (Lipinski definition) is 4. The van der Waals surface area contributed by atoms with Crippen LogP contribution in [0, 0.1) is 6.07 Å². The maximum absolute atomic E-state index is 11.6. The molecule has 0 saturated carbocycles. The van der Waals surface area contributed by atoms with E-state index in [0.29, 0.717) is 5.56 Å². The molecule has 3 heterocycles. The molecule has 5 nitrogen and oxygen atoms in total. The number of hydrogen-bond donors (Lipinski definition) is 1. The third kappa shape index (κ3) is 8.40. The Hall–Kier alpha value is -6.16. The standard InChI is InChI=1S/C57H53N4O.Pt/c1-55(2,3)42-23-24-49(45(32-42)37-19-14-11-15-20-37)61-50-35-58-34-48(47-31-38(22-25-51(47)62)36-17-12-10-13-18-36)53(50)60-54(61)41-27-40(29-43(30-41)56(4,5)6)46-33-44(57(7,8)9)28-39-21-16-26-59-52(39)46;/h10-26,28-35,62H,1-9H3;/q-1;. The average Bonchev–Trinajstić information content (AvgIpc) is 3.65. The summed E-state index contributed by atoms with van der Waals surface area (Å²) in [6.45, 7) is 20.3. The van der Waals surface area contributed by atoms with Gasteiger partial charge in [0.2, 0.25) is 0 Å². The van der Waals surface area contributed by atoms with Crippen LogP contribution in [0.1, 0.15) is 79.0 Å². The molecule has 6 heteroatoms. The van der Waals surface area contributed by atoms with E-state index >= 15 is 0 Å². The summed E-state index contributed by atoms with van der Waals surface area (Å²) in [6, 6.07) is 50.6. The number of nitrogens with zero attached hydrogens (tertiary/aromatic N) is 4. The summed E-state index contributed by atoms with van der Waals surface area (Å²) in [5.74, 6) is 0.890. The molecule has 0 saturated heterocycles. The number of rotatable bonds is 6. The van der Waals surface area contributed by atoms with E-state index in [9.17, 15) is 5.11 Å². The Labute approximate surface area is 386 Å². The van der Waals surface area contributed by atoms with E-state index in [4.69, 9.17) is 15.0 Å². The summed E-state index contributed by atoms with van der Waals surface area (Å²) in [6.07, 6.45) is 5.60. The molecule has 318 valence electrons. The van der Waals surface area contributed by atoms with Gasteiger partial charge in [-0.3, -0.25) is 15.0 Å². The van der Waals surface area contributed by atoms with Gasteiger partial charge in [0.1, 0.15) is 5.75 Å². The first-order valence-corrected chi connectivity index (χ1v) is 21.5. The SMILES string of the molecule is CC(C)(C)c1cc(-c2cc(C(C)(C)C)cc3cccnc23)[c-]c(-c2nc3c(-c4cc(-c5ccccc5)ccc4O)cncc3n2-c2ccc(C(C)(C)C)cc2-c2ccccc2)c1.[Pt]. The minimum atomic E-state index is -0.208. The van der Waals surface area contributed by atoms with Crippen LogP contribution >= 0.6 is 0 Å². The minimum absolute atomic E-state index is 0. The molecule has 3 aromatic heterocycles. The van der Waals surface area contributed by atoms with Crippen molar-refractivity contribution in [3.05, 3.63) is 175 Å². The number of phenols is 1. The fourth-order valence-electron chi connectivity index (χ4n) is 8.32. The molecule has 0 aliphatic heterocycles. The van der Waals surface area contributed by atoms with Crippen LogP contribution in [0.25, 0.3) is 83.5 Å². The summed E-state index contributed by atoms with van der Waals surface area (Å²) in [4.78, 5) is 15.5. The molecule has 0 aliphatic carbocycles. The predicted molar refractivity (Wildman–Crippen MR) is 258 cm³/mol. The van der Waals surface area contributed by atoms with Gasteiger partial charge in [0.05, 0.1) is 23.1 Å². The second kappa shape index (κ2) is 16.5. The van der Waals surface area contributed by atoms with Crippen molar-refractivity contribution in [1.82, 2.24) is 19.5 Å². The molecule has 0 aliphatic rings. The van der Waals surface area contributed by atoms with E-state index in [1.54, 1.807) is 6.07 Å². The molecule has 0 bridgehead atoms. The smallest absolute Gasteiger partial charge is 0.123 e. The van der Waals surface area contributed by atoms with Crippen molar-refractivity contribution in [2.75, 3.05) is 0 Å². The molecule has 0 radical (unpaired) electrons. The van der Waals surface area contributed by atoms with Crippen molar-refractivity contribution < 1.29 is 26.2 Å². The number of imidazole rings is 1. The van der Waals surface area contributed by atoms with E-state index < -0.39 is 0 Å². The van der Waals surface area contributed by atoms with E-state index in [1.165, 1.54) is 11.1 Å². The van der Waals surface area contributed by atoms with Crippen LogP contribution in [0.3, 0.4) is 0 Å². The van der Waals surface area contributed by atoms with Crippen molar-refractivity contribution in [3.8, 4) is 67.3 Å². The Balaban J connectivity index is 0.00000544. The molecule has 63 heavy (non-hydrogen) atoms. The van der Waals surface area contributed by atoms with Gasteiger partial charge in [-0.1, -0.05) is 164 Å². The Kier molecular flexibility index (Phi) is 11.4. The Morgan fingerprint density at radius 1 is 0.508 bits per heavy atom. The topological polar surface area (TPSA) is 63.8 Å². The van der Waals surface area contributed by atoms with Crippen molar-refractivity contribution in [2.24, 2.45) is 0 Å². The third-order valence-electron chi connectivity index (χ3n) is 12.0. The molecule has 0 unspecified atom stereocenters. The van der Waals surface area contributed by atoms with Crippen LogP contribution < -0.4 is 0 Å². The van der Waals surface area contributed by atoms with Crippen molar-refractivity contribution in [3.63, 3.8) is 0 Å². The van der Waals surface area contributed by atoms with E-state index in [0.717, 1.165) is 83.5 Å². The van der Waals surface area contributed by atoms with Gasteiger partial charge in [-0.05, 0) is 79.8 Å². The van der Waals surface area contributed by atoms with E-state index in [-0.39, 0.29) is 43.1 Å². The van der Waals surface area contributed by atoms with Crippen LogP contribution in [0.5, 0.6) is 5.75 Å². The Morgan fingerprint density at radius 3 is 1.83 bits per heavy atom. The Bertz CT molecular complexity index is 3130. The molecule has 6 aromatic carbocycles. The van der Waals surface area contributed by atoms with Crippen LogP contribution in [0.2, 0.25) is 0 Å². The number of benzene rings is 6. The number of pyridine rings is 2. The molecule has 0 amide bonds. The second-order valence-electron chi connectivity index (χ2n) is 19.6. The fraction of sp³-hybridized carbons (Fsp3) is 0.211. The third-order valence-corrected chi connectivity index (χ3v) is 12.0. The molecule has 0 spiro atoms. The molecular weight excluding hydrogens is 952 g/mol. The molecule has 9 rings (SSSR count). The zero-order valence-corrected chi connectivity index (χ0v) is 39.8. The summed E-state index contributed by atoms with van der Waals surface area (Å²) >= 11 is 0. The molecule has 0 atom stereocenters. The number of phenolic OH excluding ortho intramolecular Hbond substituents is 1. The van der Waals surface area contributed by atoms with Gasteiger partial charge in [-0.25, -0.2) is 0 Å². The summed E-state index contributed by atoms with van der Waals surface area (Å²) in [5.41, 5.74) is 15.2. The fourth-order valence-corrected chi connectivity index (χ4v) is 8.32.